The van der Waals surface area contributed by atoms with Gasteiger partial charge in [-0.2, -0.15) is 0 Å². The Labute approximate surface area is 141 Å². The van der Waals surface area contributed by atoms with Crippen molar-refractivity contribution in [3.63, 3.8) is 0 Å². The molecule has 0 saturated heterocycles. The highest BCUT2D eigenvalue weighted by atomic mass is 16.5. The first-order valence-corrected chi connectivity index (χ1v) is 7.75. The van der Waals surface area contributed by atoms with E-state index in [2.05, 4.69) is 5.32 Å². The van der Waals surface area contributed by atoms with Crippen molar-refractivity contribution < 1.29 is 19.4 Å². The number of hydrogen-bond donors (Lipinski definition) is 2. The molecule has 0 aliphatic rings. The van der Waals surface area contributed by atoms with Crippen molar-refractivity contribution in [2.24, 2.45) is 0 Å². The highest BCUT2D eigenvalue weighted by Crippen LogP contribution is 2.12. The van der Waals surface area contributed by atoms with Crippen LogP contribution in [0.4, 0.5) is 0 Å². The summed E-state index contributed by atoms with van der Waals surface area (Å²) < 4.78 is 5.66. The molecule has 2 N–H and O–H groups in total. The van der Waals surface area contributed by atoms with Gasteiger partial charge in [-0.15, -0.1) is 0 Å². The maximum Gasteiger partial charge on any atom is 0.335 e. The van der Waals surface area contributed by atoms with E-state index in [0.29, 0.717) is 12.2 Å². The molecule has 1 atom stereocenters. The summed E-state index contributed by atoms with van der Waals surface area (Å²) in [6.45, 7) is 4.22. The second-order valence-electron chi connectivity index (χ2n) is 5.78. The van der Waals surface area contributed by atoms with E-state index in [-0.39, 0.29) is 23.9 Å². The lowest BCUT2D eigenvalue weighted by atomic mass is 10.1. The second-order valence-corrected chi connectivity index (χ2v) is 5.78. The summed E-state index contributed by atoms with van der Waals surface area (Å²) in [6.07, 6.45) is 0.135. The summed E-state index contributed by atoms with van der Waals surface area (Å²) in [7, 11) is 0. The van der Waals surface area contributed by atoms with E-state index in [1.807, 2.05) is 38.1 Å². The van der Waals surface area contributed by atoms with Crippen LogP contribution in [0.1, 0.15) is 28.4 Å². The Bertz CT molecular complexity index is 727. The number of benzene rings is 2. The van der Waals surface area contributed by atoms with Gasteiger partial charge in [-0.1, -0.05) is 24.3 Å². The minimum atomic E-state index is -1.00. The van der Waals surface area contributed by atoms with E-state index in [9.17, 15) is 9.59 Å². The molecular formula is C19H21NO4. The third-order valence-electron chi connectivity index (χ3n) is 3.44. The molecule has 0 aromatic heterocycles. The van der Waals surface area contributed by atoms with Crippen molar-refractivity contribution in [2.75, 3.05) is 6.61 Å². The van der Waals surface area contributed by atoms with Gasteiger partial charge in [0.05, 0.1) is 18.0 Å². The highest BCUT2D eigenvalue weighted by Gasteiger charge is 2.10. The maximum absolute atomic E-state index is 12.1. The monoisotopic (exact) mass is 327 g/mol. The first-order valence-electron chi connectivity index (χ1n) is 7.75. The zero-order valence-corrected chi connectivity index (χ0v) is 13.8. The van der Waals surface area contributed by atoms with Crippen LogP contribution in [0.2, 0.25) is 0 Å². The standard InChI is InChI=1S/C19H21NO4/c1-13-5-3-8-17(9-13)24-12-14(2)20-18(21)11-15-6-4-7-16(10-15)19(22)23/h3-10,14H,11-12H2,1-2H3,(H,20,21)(H,22,23). The molecule has 0 radical (unpaired) electrons. The predicted molar refractivity (Wildman–Crippen MR) is 91.4 cm³/mol. The van der Waals surface area contributed by atoms with Crippen molar-refractivity contribution in [3.05, 3.63) is 65.2 Å². The minimum Gasteiger partial charge on any atom is -0.491 e. The number of aromatic carboxylic acids is 1. The first kappa shape index (κ1) is 17.5. The molecule has 2 rings (SSSR count). The van der Waals surface area contributed by atoms with Gasteiger partial charge < -0.3 is 15.2 Å². The van der Waals surface area contributed by atoms with Crippen molar-refractivity contribution in [2.45, 2.75) is 26.3 Å². The number of aryl methyl sites for hydroxylation is 1. The van der Waals surface area contributed by atoms with E-state index >= 15 is 0 Å². The average molecular weight is 327 g/mol. The summed E-state index contributed by atoms with van der Waals surface area (Å²) in [5.74, 6) is -0.402. The number of carboxylic acids is 1. The number of carbonyl (C=O) groups is 2. The Morgan fingerprint density at radius 2 is 1.92 bits per heavy atom. The normalized spacial score (nSPS) is 11.6. The molecule has 0 spiro atoms. The molecule has 0 fully saturated rings. The molecule has 0 aliphatic carbocycles. The van der Waals surface area contributed by atoms with Gasteiger partial charge in [0.25, 0.3) is 0 Å². The van der Waals surface area contributed by atoms with Crippen LogP contribution in [-0.4, -0.2) is 29.6 Å². The van der Waals surface area contributed by atoms with Crippen LogP contribution >= 0.6 is 0 Å². The Morgan fingerprint density at radius 1 is 1.17 bits per heavy atom. The number of carbonyl (C=O) groups excluding carboxylic acids is 1. The van der Waals surface area contributed by atoms with Crippen LogP contribution in [0, 0.1) is 6.92 Å². The number of ether oxygens (including phenoxy) is 1. The van der Waals surface area contributed by atoms with Crippen LogP contribution in [0.15, 0.2) is 48.5 Å². The third kappa shape index (κ3) is 5.43. The molecule has 0 bridgehead atoms. The molecule has 2 aromatic rings. The Morgan fingerprint density at radius 3 is 2.62 bits per heavy atom. The Balaban J connectivity index is 1.83. The van der Waals surface area contributed by atoms with Crippen LogP contribution in [0.5, 0.6) is 5.75 Å². The van der Waals surface area contributed by atoms with E-state index in [4.69, 9.17) is 9.84 Å². The van der Waals surface area contributed by atoms with Gasteiger partial charge in [0.15, 0.2) is 0 Å². The van der Waals surface area contributed by atoms with Crippen molar-refractivity contribution in [1.29, 1.82) is 0 Å². The molecule has 24 heavy (non-hydrogen) atoms. The molecule has 0 saturated carbocycles. The van der Waals surface area contributed by atoms with E-state index in [1.165, 1.54) is 12.1 Å². The van der Waals surface area contributed by atoms with Gasteiger partial charge in [0.2, 0.25) is 5.91 Å². The number of rotatable bonds is 7. The van der Waals surface area contributed by atoms with Crippen LogP contribution in [0.3, 0.4) is 0 Å². The molecule has 1 unspecified atom stereocenters. The first-order chi connectivity index (χ1) is 11.4. The summed E-state index contributed by atoms with van der Waals surface area (Å²) >= 11 is 0. The average Bonchev–Trinajstić information content (AvgIpc) is 2.53. The van der Waals surface area contributed by atoms with Crippen LogP contribution < -0.4 is 10.1 Å². The fourth-order valence-electron chi connectivity index (χ4n) is 2.29. The predicted octanol–water partition coefficient (Wildman–Crippen LogP) is 2.82. The van der Waals surface area contributed by atoms with E-state index < -0.39 is 5.97 Å². The summed E-state index contributed by atoms with van der Waals surface area (Å²) in [6, 6.07) is 14.0. The van der Waals surface area contributed by atoms with Gasteiger partial charge in [-0.3, -0.25) is 4.79 Å². The van der Waals surface area contributed by atoms with Crippen molar-refractivity contribution in [3.8, 4) is 5.75 Å². The van der Waals surface area contributed by atoms with Gasteiger partial charge in [-0.25, -0.2) is 4.79 Å². The number of nitrogens with one attached hydrogen (secondary N) is 1. The molecular weight excluding hydrogens is 306 g/mol. The van der Waals surface area contributed by atoms with Gasteiger partial charge in [0, 0.05) is 0 Å². The van der Waals surface area contributed by atoms with E-state index in [0.717, 1.165) is 11.3 Å². The van der Waals surface area contributed by atoms with Crippen molar-refractivity contribution in [1.82, 2.24) is 5.32 Å². The summed E-state index contributed by atoms with van der Waals surface area (Å²) in [4.78, 5) is 23.0. The number of amides is 1. The summed E-state index contributed by atoms with van der Waals surface area (Å²) in [5, 5.41) is 11.8. The fourth-order valence-corrected chi connectivity index (χ4v) is 2.29. The SMILES string of the molecule is Cc1cccc(OCC(C)NC(=O)Cc2cccc(C(=O)O)c2)c1. The largest absolute Gasteiger partial charge is 0.491 e. The molecule has 5 nitrogen and oxygen atoms in total. The Hall–Kier alpha value is -2.82. The highest BCUT2D eigenvalue weighted by molar-refractivity contribution is 5.88. The van der Waals surface area contributed by atoms with Crippen LogP contribution in [0.25, 0.3) is 0 Å². The topological polar surface area (TPSA) is 75.6 Å². The zero-order chi connectivity index (χ0) is 17.5. The van der Waals surface area contributed by atoms with Gasteiger partial charge >= 0.3 is 5.97 Å². The molecule has 2 aromatic carbocycles. The minimum absolute atomic E-state index is 0.135. The third-order valence-corrected chi connectivity index (χ3v) is 3.44. The number of carboxylic acid groups (broad SMARTS) is 1. The second kappa shape index (κ2) is 8.15. The molecule has 126 valence electrons. The fraction of sp³-hybridized carbons (Fsp3) is 0.263. The zero-order valence-electron chi connectivity index (χ0n) is 13.8. The van der Waals surface area contributed by atoms with E-state index in [1.54, 1.807) is 12.1 Å². The van der Waals surface area contributed by atoms with Gasteiger partial charge in [0.1, 0.15) is 12.4 Å². The lowest BCUT2D eigenvalue weighted by Crippen LogP contribution is -2.37. The molecule has 1 amide bonds. The van der Waals surface area contributed by atoms with Gasteiger partial charge in [-0.05, 0) is 49.2 Å². The lowest BCUT2D eigenvalue weighted by Gasteiger charge is -2.15. The molecule has 0 heterocycles. The quantitative estimate of drug-likeness (QED) is 0.820. The number of hydrogen-bond acceptors (Lipinski definition) is 3. The maximum atomic E-state index is 12.1. The lowest BCUT2D eigenvalue weighted by molar-refractivity contribution is -0.121. The molecule has 0 aliphatic heterocycles. The Kier molecular flexibility index (Phi) is 5.95. The smallest absolute Gasteiger partial charge is 0.335 e. The molecule has 5 heteroatoms. The van der Waals surface area contributed by atoms with Crippen LogP contribution in [-0.2, 0) is 11.2 Å². The van der Waals surface area contributed by atoms with Crippen molar-refractivity contribution >= 4 is 11.9 Å². The summed E-state index contributed by atoms with van der Waals surface area (Å²) in [5.41, 5.74) is 1.96.